The molecule has 2 aromatic heterocycles. The van der Waals surface area contributed by atoms with Gasteiger partial charge in [0.1, 0.15) is 5.69 Å². The average molecular weight is 322 g/mol. The Kier molecular flexibility index (Phi) is 4.34. The molecule has 0 aliphatic heterocycles. The molecule has 0 aliphatic rings. The van der Waals surface area contributed by atoms with Crippen LogP contribution in [0.3, 0.4) is 0 Å². The lowest BCUT2D eigenvalue weighted by Gasteiger charge is -2.13. The number of fused-ring (bicyclic) bond motifs is 1. The van der Waals surface area contributed by atoms with Crippen LogP contribution in [-0.2, 0) is 6.42 Å². The fourth-order valence-corrected chi connectivity index (χ4v) is 3.11. The molecular formula is C19H22N4O. The third kappa shape index (κ3) is 3.15. The van der Waals surface area contributed by atoms with Crippen LogP contribution in [0.15, 0.2) is 30.7 Å². The van der Waals surface area contributed by atoms with Crippen LogP contribution >= 0.6 is 0 Å². The molecule has 0 unspecified atom stereocenters. The Hall–Kier alpha value is -2.69. The van der Waals surface area contributed by atoms with Crippen molar-refractivity contribution in [3.05, 3.63) is 58.8 Å². The first kappa shape index (κ1) is 16.2. The summed E-state index contributed by atoms with van der Waals surface area (Å²) in [6.45, 7) is 8.09. The van der Waals surface area contributed by atoms with Crippen LogP contribution < -0.4 is 5.32 Å². The van der Waals surface area contributed by atoms with Crippen molar-refractivity contribution >= 4 is 16.8 Å². The number of aryl methyl sites for hydroxylation is 3. The smallest absolute Gasteiger partial charge is 0.268 e. The highest BCUT2D eigenvalue weighted by Gasteiger charge is 2.18. The van der Waals surface area contributed by atoms with E-state index in [1.807, 2.05) is 13.8 Å². The minimum atomic E-state index is -0.0860. The summed E-state index contributed by atoms with van der Waals surface area (Å²) in [4.78, 5) is 24.2. The molecule has 1 atom stereocenters. The molecule has 2 N–H and O–H groups in total. The molecule has 0 spiro atoms. The van der Waals surface area contributed by atoms with Crippen molar-refractivity contribution in [2.24, 2.45) is 0 Å². The molecule has 5 heteroatoms. The van der Waals surface area contributed by atoms with Gasteiger partial charge in [0.2, 0.25) is 0 Å². The van der Waals surface area contributed by atoms with E-state index < -0.39 is 0 Å². The van der Waals surface area contributed by atoms with Crippen molar-refractivity contribution in [3.63, 3.8) is 0 Å². The molecule has 5 nitrogen and oxygen atoms in total. The predicted octanol–water partition coefficient (Wildman–Crippen LogP) is 3.24. The summed E-state index contributed by atoms with van der Waals surface area (Å²) >= 11 is 0. The maximum Gasteiger partial charge on any atom is 0.268 e. The summed E-state index contributed by atoms with van der Waals surface area (Å²) in [6, 6.07) is 4.22. The van der Waals surface area contributed by atoms with E-state index in [2.05, 4.69) is 46.2 Å². The van der Waals surface area contributed by atoms with E-state index in [1.165, 1.54) is 5.56 Å². The van der Waals surface area contributed by atoms with Crippen molar-refractivity contribution < 1.29 is 4.79 Å². The Balaban J connectivity index is 1.81. The molecule has 0 saturated heterocycles. The first-order valence-electron chi connectivity index (χ1n) is 8.11. The number of H-pyrrole nitrogens is 1. The number of benzene rings is 1. The molecule has 24 heavy (non-hydrogen) atoms. The molecule has 0 bridgehead atoms. The Bertz CT molecular complexity index is 883. The lowest BCUT2D eigenvalue weighted by atomic mass is 10.1. The summed E-state index contributed by atoms with van der Waals surface area (Å²) in [6.07, 6.45) is 5.68. The Morgan fingerprint density at radius 1 is 1.25 bits per heavy atom. The second-order valence-electron chi connectivity index (χ2n) is 6.40. The Morgan fingerprint density at radius 3 is 2.75 bits per heavy atom. The van der Waals surface area contributed by atoms with Crippen LogP contribution in [0.2, 0.25) is 0 Å². The van der Waals surface area contributed by atoms with E-state index >= 15 is 0 Å². The number of aromatic amines is 1. The molecule has 124 valence electrons. The third-order valence-corrected chi connectivity index (χ3v) is 4.25. The second-order valence-corrected chi connectivity index (χ2v) is 6.40. The Labute approximate surface area is 141 Å². The number of nitrogens with one attached hydrogen (secondary N) is 2. The standard InChI is InChI=1S/C19H22N4O/c1-11-7-12(2)17-16(8-11)14(4)18(23-17)19(24)22-13(3)9-15-10-20-5-6-21-15/h5-8,10,13,23H,9H2,1-4H3,(H,22,24)/t13-/m0/s1. The lowest BCUT2D eigenvalue weighted by molar-refractivity contribution is 0.0935. The minimum Gasteiger partial charge on any atom is -0.350 e. The number of rotatable bonds is 4. The van der Waals surface area contributed by atoms with E-state index in [0.29, 0.717) is 12.1 Å². The third-order valence-electron chi connectivity index (χ3n) is 4.25. The molecule has 0 aliphatic carbocycles. The van der Waals surface area contributed by atoms with Gasteiger partial charge in [0.15, 0.2) is 0 Å². The van der Waals surface area contributed by atoms with E-state index in [1.54, 1.807) is 18.6 Å². The fraction of sp³-hybridized carbons (Fsp3) is 0.316. The zero-order valence-corrected chi connectivity index (χ0v) is 14.5. The van der Waals surface area contributed by atoms with Crippen molar-refractivity contribution in [1.29, 1.82) is 0 Å². The summed E-state index contributed by atoms with van der Waals surface area (Å²) in [5.41, 5.74) is 5.87. The van der Waals surface area contributed by atoms with Gasteiger partial charge in [0.05, 0.1) is 5.69 Å². The van der Waals surface area contributed by atoms with Gasteiger partial charge in [-0.25, -0.2) is 0 Å². The van der Waals surface area contributed by atoms with Crippen molar-refractivity contribution in [3.8, 4) is 0 Å². The number of nitrogens with zero attached hydrogens (tertiary/aromatic N) is 2. The minimum absolute atomic E-state index is 0.0251. The number of hydrogen-bond acceptors (Lipinski definition) is 3. The van der Waals surface area contributed by atoms with Gasteiger partial charge < -0.3 is 10.3 Å². The number of amides is 1. The largest absolute Gasteiger partial charge is 0.350 e. The number of carbonyl (C=O) groups is 1. The zero-order chi connectivity index (χ0) is 17.3. The molecule has 0 saturated carbocycles. The highest BCUT2D eigenvalue weighted by Crippen LogP contribution is 2.26. The number of carbonyl (C=O) groups excluding carboxylic acids is 1. The van der Waals surface area contributed by atoms with Gasteiger partial charge in [-0.15, -0.1) is 0 Å². The average Bonchev–Trinajstić information content (AvgIpc) is 2.86. The highest BCUT2D eigenvalue weighted by atomic mass is 16.1. The summed E-state index contributed by atoms with van der Waals surface area (Å²) in [5.74, 6) is -0.0860. The molecule has 0 fully saturated rings. The van der Waals surface area contributed by atoms with Crippen LogP contribution in [0.25, 0.3) is 10.9 Å². The monoisotopic (exact) mass is 322 g/mol. The van der Waals surface area contributed by atoms with Gasteiger partial charge in [0, 0.05) is 42.0 Å². The van der Waals surface area contributed by atoms with Crippen molar-refractivity contribution in [2.45, 2.75) is 40.2 Å². The molecular weight excluding hydrogens is 300 g/mol. The van der Waals surface area contributed by atoms with Crippen LogP contribution in [0.5, 0.6) is 0 Å². The van der Waals surface area contributed by atoms with Gasteiger partial charge >= 0.3 is 0 Å². The van der Waals surface area contributed by atoms with Crippen LogP contribution in [0.1, 0.15) is 39.8 Å². The second kappa shape index (κ2) is 6.43. The first-order valence-corrected chi connectivity index (χ1v) is 8.11. The Morgan fingerprint density at radius 2 is 2.04 bits per heavy atom. The van der Waals surface area contributed by atoms with E-state index in [-0.39, 0.29) is 11.9 Å². The first-order chi connectivity index (χ1) is 11.5. The van der Waals surface area contributed by atoms with Crippen LogP contribution in [-0.4, -0.2) is 26.9 Å². The summed E-state index contributed by atoms with van der Waals surface area (Å²) in [5, 5.41) is 4.15. The van der Waals surface area contributed by atoms with Gasteiger partial charge in [-0.05, 0) is 44.9 Å². The van der Waals surface area contributed by atoms with E-state index in [0.717, 1.165) is 27.7 Å². The quantitative estimate of drug-likeness (QED) is 0.774. The van der Waals surface area contributed by atoms with Gasteiger partial charge in [0.25, 0.3) is 5.91 Å². The van der Waals surface area contributed by atoms with Crippen LogP contribution in [0.4, 0.5) is 0 Å². The molecule has 3 rings (SSSR count). The highest BCUT2D eigenvalue weighted by molar-refractivity contribution is 6.01. The van der Waals surface area contributed by atoms with E-state index in [9.17, 15) is 4.79 Å². The SMILES string of the molecule is Cc1cc(C)c2[nH]c(C(=O)N[C@@H](C)Cc3cnccn3)c(C)c2c1. The molecule has 1 amide bonds. The number of aromatic nitrogens is 3. The van der Waals surface area contributed by atoms with E-state index in [4.69, 9.17) is 0 Å². The maximum absolute atomic E-state index is 12.7. The molecule has 1 aromatic carbocycles. The topological polar surface area (TPSA) is 70.7 Å². The van der Waals surface area contributed by atoms with Crippen molar-refractivity contribution in [1.82, 2.24) is 20.3 Å². The lowest BCUT2D eigenvalue weighted by Crippen LogP contribution is -2.34. The molecule has 2 heterocycles. The summed E-state index contributed by atoms with van der Waals surface area (Å²) in [7, 11) is 0. The van der Waals surface area contributed by atoms with Crippen molar-refractivity contribution in [2.75, 3.05) is 0 Å². The molecule has 3 aromatic rings. The van der Waals surface area contributed by atoms with Gasteiger partial charge in [-0.1, -0.05) is 11.6 Å². The van der Waals surface area contributed by atoms with Crippen LogP contribution in [0, 0.1) is 20.8 Å². The summed E-state index contributed by atoms with van der Waals surface area (Å²) < 4.78 is 0. The fourth-order valence-electron chi connectivity index (χ4n) is 3.11. The maximum atomic E-state index is 12.7. The zero-order valence-electron chi connectivity index (χ0n) is 14.5. The normalized spacial score (nSPS) is 12.3. The number of hydrogen-bond donors (Lipinski definition) is 2. The van der Waals surface area contributed by atoms with Gasteiger partial charge in [-0.2, -0.15) is 0 Å². The predicted molar refractivity (Wildman–Crippen MR) is 95.2 cm³/mol. The molecule has 0 radical (unpaired) electrons. The van der Waals surface area contributed by atoms with Gasteiger partial charge in [-0.3, -0.25) is 14.8 Å².